The second-order valence-corrected chi connectivity index (χ2v) is 10.3. The first kappa shape index (κ1) is 30.6. The van der Waals surface area contributed by atoms with E-state index in [2.05, 4.69) is 11.4 Å². The van der Waals surface area contributed by atoms with Gasteiger partial charge >= 0.3 is 18.1 Å². The summed E-state index contributed by atoms with van der Waals surface area (Å²) in [5, 5.41) is 41.8. The van der Waals surface area contributed by atoms with Gasteiger partial charge in [0.15, 0.2) is 0 Å². The van der Waals surface area contributed by atoms with Crippen LogP contribution < -0.4 is 5.32 Å². The number of nitriles is 1. The monoisotopic (exact) mass is 594 g/mol. The molecule has 1 aliphatic heterocycles. The molecule has 2 aromatic rings. The third-order valence-corrected chi connectivity index (χ3v) is 7.53. The molecule has 1 saturated heterocycles. The van der Waals surface area contributed by atoms with E-state index >= 15 is 8.78 Å². The molecular weight excluding hydrogens is 574 g/mol. The van der Waals surface area contributed by atoms with Crippen molar-refractivity contribution in [3.8, 4) is 6.07 Å². The molecule has 14 heteroatoms. The molecule has 0 aromatic heterocycles. The maximum absolute atomic E-state index is 15.3. The minimum Gasteiger partial charge on any atom is -0.480 e. The zero-order chi connectivity index (χ0) is 29.5. The lowest BCUT2D eigenvalue weighted by atomic mass is 9.61. The highest BCUT2D eigenvalue weighted by atomic mass is 35.5. The molecule has 5 atom stereocenters. The van der Waals surface area contributed by atoms with Gasteiger partial charge in [0.2, 0.25) is 0 Å². The van der Waals surface area contributed by atoms with Crippen LogP contribution in [0.1, 0.15) is 36.8 Å². The molecule has 4 N–H and O–H groups in total. The van der Waals surface area contributed by atoms with E-state index in [9.17, 15) is 33.4 Å². The summed E-state index contributed by atoms with van der Waals surface area (Å²) in [6, 6.07) is 7.13. The van der Waals surface area contributed by atoms with Crippen LogP contribution in [0.15, 0.2) is 36.4 Å². The molecule has 0 bridgehead atoms. The number of carboxylic acid groups (broad SMARTS) is 2. The van der Waals surface area contributed by atoms with E-state index in [0.29, 0.717) is 12.8 Å². The Balaban J connectivity index is 0.000000532. The van der Waals surface area contributed by atoms with Gasteiger partial charge in [-0.3, -0.25) is 10.1 Å². The van der Waals surface area contributed by atoms with Gasteiger partial charge in [-0.15, -0.1) is 0 Å². The Bertz CT molecular complexity index is 1330. The molecule has 210 valence electrons. The van der Waals surface area contributed by atoms with Crippen molar-refractivity contribution in [3.63, 3.8) is 0 Å². The Hall–Kier alpha value is -2.98. The van der Waals surface area contributed by atoms with Crippen LogP contribution in [-0.2, 0) is 15.0 Å². The number of benzene rings is 2. The van der Waals surface area contributed by atoms with Gasteiger partial charge in [0.05, 0.1) is 22.7 Å². The molecule has 0 amide bonds. The second kappa shape index (κ2) is 10.9. The number of hydrogen-bond acceptors (Lipinski definition) is 5. The number of aliphatic carboxylic acids is 2. The molecule has 1 unspecified atom stereocenters. The summed E-state index contributed by atoms with van der Waals surface area (Å²) in [4.78, 5) is 21.2. The van der Waals surface area contributed by atoms with E-state index in [1.807, 2.05) is 0 Å². The van der Waals surface area contributed by atoms with E-state index in [1.54, 1.807) is 0 Å². The molecule has 0 radical (unpaired) electrons. The van der Waals surface area contributed by atoms with Gasteiger partial charge in [-0.25, -0.2) is 13.6 Å². The highest BCUT2D eigenvalue weighted by Crippen LogP contribution is 2.56. The lowest BCUT2D eigenvalue weighted by Gasteiger charge is -2.41. The van der Waals surface area contributed by atoms with Crippen molar-refractivity contribution in [3.05, 3.63) is 69.2 Å². The highest BCUT2D eigenvalue weighted by molar-refractivity contribution is 6.31. The second-order valence-electron chi connectivity index (χ2n) is 9.44. The first-order valence-electron chi connectivity index (χ1n) is 11.3. The molecule has 2 fully saturated rings. The normalized spacial score (nSPS) is 26.1. The molecule has 4 rings (SSSR count). The number of nitrogens with zero attached hydrogens (tertiary/aromatic N) is 1. The van der Waals surface area contributed by atoms with Crippen LogP contribution >= 0.6 is 23.2 Å². The van der Waals surface area contributed by atoms with Crippen molar-refractivity contribution in [2.45, 2.75) is 55.0 Å². The van der Waals surface area contributed by atoms with Crippen LogP contribution in [0.4, 0.5) is 22.0 Å². The van der Waals surface area contributed by atoms with Gasteiger partial charge in [-0.2, -0.15) is 18.4 Å². The summed E-state index contributed by atoms with van der Waals surface area (Å²) < 4.78 is 62.2. The Kier molecular flexibility index (Phi) is 8.53. The summed E-state index contributed by atoms with van der Waals surface area (Å²) in [6.07, 6.45) is -3.74. The molecule has 39 heavy (non-hydrogen) atoms. The van der Waals surface area contributed by atoms with E-state index < -0.39 is 58.8 Å². The molecular formula is C25H21Cl2F5N2O5. The predicted octanol–water partition coefficient (Wildman–Crippen LogP) is 5.04. The molecule has 7 nitrogen and oxygen atoms in total. The van der Waals surface area contributed by atoms with Crippen LogP contribution in [-0.4, -0.2) is 51.1 Å². The van der Waals surface area contributed by atoms with Crippen LogP contribution in [0.5, 0.6) is 0 Å². The summed E-state index contributed by atoms with van der Waals surface area (Å²) in [7, 11) is 0. The number of hydrogen-bond donors (Lipinski definition) is 4. The molecule has 1 saturated carbocycles. The zero-order valence-corrected chi connectivity index (χ0v) is 21.5. The van der Waals surface area contributed by atoms with Gasteiger partial charge in [-0.1, -0.05) is 41.4 Å². The summed E-state index contributed by atoms with van der Waals surface area (Å²) in [6.45, 7) is 1.50. The van der Waals surface area contributed by atoms with Gasteiger partial charge in [0, 0.05) is 16.5 Å². The Morgan fingerprint density at radius 2 is 1.72 bits per heavy atom. The number of carbonyl (C=O) groups is 2. The van der Waals surface area contributed by atoms with Crippen LogP contribution in [0.2, 0.25) is 10.0 Å². The highest BCUT2D eigenvalue weighted by Gasteiger charge is 2.67. The molecule has 2 aliphatic rings. The summed E-state index contributed by atoms with van der Waals surface area (Å²) in [5.41, 5.74) is -3.87. The van der Waals surface area contributed by atoms with Crippen molar-refractivity contribution in [2.24, 2.45) is 5.92 Å². The average molecular weight is 595 g/mol. The standard InChI is InChI=1S/C23H20Cl2F2N2O3.C2HF3O2/c1-22(32,11-5-6-11)21-23(10-28,14-8-7-12(24)9-16(14)26)17(19(29-21)20(30)31)13-3-2-4-15(25)18(13)27;3-2(4,5)1(6)7/h2-4,7-9,11,17,19,21,29,32H,5-6H2,1H3,(H,30,31);(H,6,7)/t17-,19+,21+,22?,23+;/m0./s1. The van der Waals surface area contributed by atoms with Crippen molar-refractivity contribution in [1.82, 2.24) is 5.32 Å². The van der Waals surface area contributed by atoms with E-state index in [-0.39, 0.29) is 27.1 Å². The van der Waals surface area contributed by atoms with Gasteiger partial charge in [0.1, 0.15) is 23.1 Å². The smallest absolute Gasteiger partial charge is 0.480 e. The fraction of sp³-hybridized carbons (Fsp3) is 0.400. The Morgan fingerprint density at radius 3 is 2.18 bits per heavy atom. The average Bonchev–Trinajstić information content (AvgIpc) is 3.63. The van der Waals surface area contributed by atoms with Crippen LogP contribution in [0.25, 0.3) is 0 Å². The van der Waals surface area contributed by atoms with Crippen molar-refractivity contribution >= 4 is 35.1 Å². The van der Waals surface area contributed by atoms with E-state index in [1.165, 1.54) is 37.3 Å². The SMILES string of the molecule is CC(O)(C1CC1)[C@H]1N[C@@H](C(=O)O)[C@H](c2cccc(Cl)c2F)[C@@]1(C#N)c1ccc(Cl)cc1F.O=C(O)C(F)(F)F. The Labute approximate surface area is 228 Å². The molecule has 0 spiro atoms. The lowest BCUT2D eigenvalue weighted by Crippen LogP contribution is -2.58. The Morgan fingerprint density at radius 1 is 1.13 bits per heavy atom. The van der Waals surface area contributed by atoms with Gasteiger partial charge in [0.25, 0.3) is 0 Å². The van der Waals surface area contributed by atoms with Crippen LogP contribution in [0, 0.1) is 28.9 Å². The largest absolute Gasteiger partial charge is 0.490 e. The first-order chi connectivity index (χ1) is 18.0. The first-order valence-corrected chi connectivity index (χ1v) is 12.1. The minimum absolute atomic E-state index is 0.0797. The number of halogens is 7. The van der Waals surface area contributed by atoms with Crippen LogP contribution in [0.3, 0.4) is 0 Å². The third-order valence-electron chi connectivity index (χ3n) is 7.00. The summed E-state index contributed by atoms with van der Waals surface area (Å²) in [5.74, 6) is -7.48. The quantitative estimate of drug-likeness (QED) is 0.357. The molecule has 1 aliphatic carbocycles. The number of alkyl halides is 3. The van der Waals surface area contributed by atoms with Gasteiger partial charge < -0.3 is 15.3 Å². The zero-order valence-electron chi connectivity index (χ0n) is 19.9. The predicted molar refractivity (Wildman–Crippen MR) is 128 cm³/mol. The number of carboxylic acids is 2. The number of rotatable bonds is 5. The fourth-order valence-electron chi connectivity index (χ4n) is 5.12. The van der Waals surface area contributed by atoms with Crippen molar-refractivity contribution < 1.29 is 46.9 Å². The maximum atomic E-state index is 15.3. The summed E-state index contributed by atoms with van der Waals surface area (Å²) >= 11 is 11.9. The van der Waals surface area contributed by atoms with Crippen molar-refractivity contribution in [1.29, 1.82) is 5.26 Å². The topological polar surface area (TPSA) is 131 Å². The third kappa shape index (κ3) is 5.68. The number of nitrogens with one attached hydrogen (secondary N) is 1. The number of aliphatic hydroxyl groups is 1. The van der Waals surface area contributed by atoms with Gasteiger partial charge in [-0.05, 0) is 49.4 Å². The van der Waals surface area contributed by atoms with E-state index in [0.717, 1.165) is 6.07 Å². The van der Waals surface area contributed by atoms with E-state index in [4.69, 9.17) is 33.1 Å². The minimum atomic E-state index is -5.08. The lowest BCUT2D eigenvalue weighted by molar-refractivity contribution is -0.192. The fourth-order valence-corrected chi connectivity index (χ4v) is 5.47. The molecule has 1 heterocycles. The maximum Gasteiger partial charge on any atom is 0.490 e. The van der Waals surface area contributed by atoms with Crippen molar-refractivity contribution in [2.75, 3.05) is 0 Å². The molecule has 2 aromatic carbocycles.